The molecule has 0 radical (unpaired) electrons. The number of hydrogen-bond acceptors (Lipinski definition) is 1. The van der Waals surface area contributed by atoms with Crippen molar-refractivity contribution in [2.75, 3.05) is 6.61 Å². The van der Waals surface area contributed by atoms with Crippen molar-refractivity contribution in [3.63, 3.8) is 0 Å². The van der Waals surface area contributed by atoms with Crippen molar-refractivity contribution in [3.05, 3.63) is 39.1 Å². The van der Waals surface area contributed by atoms with Crippen LogP contribution in [0.25, 0.3) is 0 Å². The summed E-state index contributed by atoms with van der Waals surface area (Å²) in [7, 11) is 0. The molecular formula is C9H6BrCl2FO. The molecule has 0 saturated heterocycles. The van der Waals surface area contributed by atoms with Crippen LogP contribution in [0, 0.1) is 5.82 Å². The van der Waals surface area contributed by atoms with Gasteiger partial charge in [-0.25, -0.2) is 4.39 Å². The second kappa shape index (κ2) is 5.59. The lowest BCUT2D eigenvalue weighted by Crippen LogP contribution is -1.98. The monoisotopic (exact) mass is 298 g/mol. The Kier molecular flexibility index (Phi) is 4.72. The predicted octanol–water partition coefficient (Wildman–Crippen LogP) is 4.29. The highest BCUT2D eigenvalue weighted by molar-refractivity contribution is 9.10. The average molecular weight is 300 g/mol. The van der Waals surface area contributed by atoms with E-state index in [9.17, 15) is 4.39 Å². The van der Waals surface area contributed by atoms with E-state index in [1.54, 1.807) is 6.07 Å². The molecule has 0 aliphatic heterocycles. The highest BCUT2D eigenvalue weighted by Gasteiger charge is 2.04. The molecule has 0 saturated carbocycles. The number of rotatable bonds is 3. The molecule has 0 aliphatic carbocycles. The normalized spacial score (nSPS) is 11.6. The van der Waals surface area contributed by atoms with Crippen LogP contribution in [0.2, 0.25) is 0 Å². The van der Waals surface area contributed by atoms with Gasteiger partial charge in [0, 0.05) is 10.0 Å². The molecule has 0 bridgehead atoms. The first-order valence-corrected chi connectivity index (χ1v) is 5.27. The zero-order chi connectivity index (χ0) is 10.6. The minimum Gasteiger partial charge on any atom is -0.485 e. The SMILES string of the molecule is Fc1ccc(Br)cc1OC/C(Cl)=C/Cl. The summed E-state index contributed by atoms with van der Waals surface area (Å²) < 4.78 is 18.9. The van der Waals surface area contributed by atoms with Crippen LogP contribution >= 0.6 is 39.1 Å². The second-order valence-corrected chi connectivity index (χ2v) is 4.04. The Morgan fingerprint density at radius 2 is 2.29 bits per heavy atom. The Bertz CT molecular complexity index is 355. The summed E-state index contributed by atoms with van der Waals surface area (Å²) in [6, 6.07) is 4.41. The smallest absolute Gasteiger partial charge is 0.165 e. The van der Waals surface area contributed by atoms with Crippen LogP contribution in [0.3, 0.4) is 0 Å². The minimum absolute atomic E-state index is 0.0540. The summed E-state index contributed by atoms with van der Waals surface area (Å²) in [4.78, 5) is 0. The van der Waals surface area contributed by atoms with Crippen molar-refractivity contribution in [1.29, 1.82) is 0 Å². The minimum atomic E-state index is -0.438. The van der Waals surface area contributed by atoms with Crippen LogP contribution in [0.5, 0.6) is 5.75 Å². The molecule has 14 heavy (non-hydrogen) atoms. The molecule has 0 heterocycles. The molecule has 1 nitrogen and oxygen atoms in total. The molecule has 0 fully saturated rings. The first kappa shape index (κ1) is 11.8. The Labute approximate surface area is 99.6 Å². The van der Waals surface area contributed by atoms with Crippen LogP contribution in [0.15, 0.2) is 33.2 Å². The number of benzene rings is 1. The highest BCUT2D eigenvalue weighted by Crippen LogP contribution is 2.22. The lowest BCUT2D eigenvalue weighted by molar-refractivity contribution is 0.338. The van der Waals surface area contributed by atoms with E-state index in [0.717, 1.165) is 4.47 Å². The van der Waals surface area contributed by atoms with Crippen LogP contribution in [-0.2, 0) is 0 Å². The van der Waals surface area contributed by atoms with Gasteiger partial charge in [0.2, 0.25) is 0 Å². The van der Waals surface area contributed by atoms with Gasteiger partial charge in [-0.2, -0.15) is 0 Å². The van der Waals surface area contributed by atoms with Crippen molar-refractivity contribution in [2.24, 2.45) is 0 Å². The third-order valence-electron chi connectivity index (χ3n) is 1.38. The maximum atomic E-state index is 13.1. The highest BCUT2D eigenvalue weighted by atomic mass is 79.9. The molecule has 0 unspecified atom stereocenters. The third kappa shape index (κ3) is 3.48. The Morgan fingerprint density at radius 3 is 2.93 bits per heavy atom. The van der Waals surface area contributed by atoms with E-state index < -0.39 is 5.82 Å². The van der Waals surface area contributed by atoms with Crippen molar-refractivity contribution in [1.82, 2.24) is 0 Å². The molecule has 0 aliphatic rings. The summed E-state index contributed by atoms with van der Waals surface area (Å²) in [5.41, 5.74) is 1.18. The lowest BCUT2D eigenvalue weighted by Gasteiger charge is -2.06. The summed E-state index contributed by atoms with van der Waals surface area (Å²) in [5.74, 6) is -0.303. The van der Waals surface area contributed by atoms with E-state index in [1.165, 1.54) is 17.7 Å². The van der Waals surface area contributed by atoms with E-state index in [0.29, 0.717) is 5.03 Å². The summed E-state index contributed by atoms with van der Waals surface area (Å²) in [5, 5.41) is 0.311. The average Bonchev–Trinajstić information content (AvgIpc) is 2.19. The molecule has 5 heteroatoms. The van der Waals surface area contributed by atoms with Gasteiger partial charge in [-0.3, -0.25) is 0 Å². The molecule has 0 aromatic heterocycles. The standard InChI is InChI=1S/C9H6BrCl2FO/c10-6-1-2-8(13)9(3-6)14-5-7(12)4-11/h1-4H,5H2/b7-4-. The fourth-order valence-corrected chi connectivity index (χ4v) is 1.22. The fourth-order valence-electron chi connectivity index (χ4n) is 0.766. The lowest BCUT2D eigenvalue weighted by atomic mass is 10.3. The van der Waals surface area contributed by atoms with Crippen molar-refractivity contribution in [3.8, 4) is 5.75 Å². The molecular weight excluding hydrogens is 294 g/mol. The van der Waals surface area contributed by atoms with Gasteiger partial charge in [0.15, 0.2) is 11.6 Å². The Hall–Kier alpha value is -0.250. The van der Waals surface area contributed by atoms with Crippen molar-refractivity contribution in [2.45, 2.75) is 0 Å². The zero-order valence-electron chi connectivity index (χ0n) is 6.94. The third-order valence-corrected chi connectivity index (χ3v) is 2.46. The van der Waals surface area contributed by atoms with Gasteiger partial charge in [0.05, 0.1) is 5.03 Å². The van der Waals surface area contributed by atoms with Crippen molar-refractivity contribution < 1.29 is 9.13 Å². The summed E-state index contributed by atoms with van der Waals surface area (Å²) in [6.07, 6.45) is 0. The molecule has 1 aromatic carbocycles. The van der Waals surface area contributed by atoms with Gasteiger partial charge >= 0.3 is 0 Å². The summed E-state index contributed by atoms with van der Waals surface area (Å²) >= 11 is 14.1. The molecule has 0 N–H and O–H groups in total. The van der Waals surface area contributed by atoms with Gasteiger partial charge in [-0.15, -0.1) is 0 Å². The van der Waals surface area contributed by atoms with Crippen LogP contribution in [-0.4, -0.2) is 6.61 Å². The number of ether oxygens (including phenoxy) is 1. The number of halogens is 4. The topological polar surface area (TPSA) is 9.23 Å². The van der Waals surface area contributed by atoms with Gasteiger partial charge in [-0.05, 0) is 18.2 Å². The van der Waals surface area contributed by atoms with Crippen LogP contribution in [0.1, 0.15) is 0 Å². The van der Waals surface area contributed by atoms with Crippen LogP contribution < -0.4 is 4.74 Å². The van der Waals surface area contributed by atoms with Gasteiger partial charge in [0.25, 0.3) is 0 Å². The van der Waals surface area contributed by atoms with E-state index in [2.05, 4.69) is 15.9 Å². The molecule has 0 atom stereocenters. The Morgan fingerprint density at radius 1 is 1.57 bits per heavy atom. The van der Waals surface area contributed by atoms with E-state index in [4.69, 9.17) is 27.9 Å². The number of hydrogen-bond donors (Lipinski definition) is 0. The van der Waals surface area contributed by atoms with Crippen molar-refractivity contribution >= 4 is 39.1 Å². The van der Waals surface area contributed by atoms with E-state index in [-0.39, 0.29) is 12.4 Å². The van der Waals surface area contributed by atoms with E-state index in [1.807, 2.05) is 0 Å². The summed E-state index contributed by atoms with van der Waals surface area (Å²) in [6.45, 7) is 0.0540. The predicted molar refractivity (Wildman–Crippen MR) is 59.4 cm³/mol. The molecule has 0 amide bonds. The fraction of sp³-hybridized carbons (Fsp3) is 0.111. The van der Waals surface area contributed by atoms with Gasteiger partial charge < -0.3 is 4.74 Å². The maximum absolute atomic E-state index is 13.1. The maximum Gasteiger partial charge on any atom is 0.165 e. The van der Waals surface area contributed by atoms with Gasteiger partial charge in [-0.1, -0.05) is 39.1 Å². The zero-order valence-corrected chi connectivity index (χ0v) is 10.0. The van der Waals surface area contributed by atoms with E-state index >= 15 is 0 Å². The first-order chi connectivity index (χ1) is 6.63. The molecule has 1 aromatic rings. The quantitative estimate of drug-likeness (QED) is 0.809. The van der Waals surface area contributed by atoms with Gasteiger partial charge in [0.1, 0.15) is 6.61 Å². The Balaban J connectivity index is 2.71. The molecule has 76 valence electrons. The first-order valence-electron chi connectivity index (χ1n) is 3.66. The molecule has 1 rings (SSSR count). The van der Waals surface area contributed by atoms with Crippen LogP contribution in [0.4, 0.5) is 4.39 Å². The molecule has 0 spiro atoms. The second-order valence-electron chi connectivity index (χ2n) is 2.42. The largest absolute Gasteiger partial charge is 0.485 e.